The Labute approximate surface area is 310 Å². The molecule has 282 valence electrons. The fraction of sp³-hybridized carbons (Fsp3) is 0.500. The van der Waals surface area contributed by atoms with E-state index in [1.807, 2.05) is 38.3 Å². The summed E-state index contributed by atoms with van der Waals surface area (Å²) >= 11 is 1.32. The predicted octanol–water partition coefficient (Wildman–Crippen LogP) is 4.26. The van der Waals surface area contributed by atoms with Gasteiger partial charge in [-0.25, -0.2) is 14.2 Å². The summed E-state index contributed by atoms with van der Waals surface area (Å²) in [4.78, 5) is 50.3. The summed E-state index contributed by atoms with van der Waals surface area (Å²) < 4.78 is 33.9. The van der Waals surface area contributed by atoms with Crippen LogP contribution in [-0.4, -0.2) is 93.3 Å². The third kappa shape index (κ3) is 6.96. The number of nitrogens with zero attached hydrogens (tertiary/aromatic N) is 4. The molecule has 2 amide bonds. The number of aliphatic hydroxyl groups is 1. The van der Waals surface area contributed by atoms with E-state index in [9.17, 15) is 19.5 Å². The van der Waals surface area contributed by atoms with Crippen LogP contribution in [0, 0.1) is 5.41 Å². The van der Waals surface area contributed by atoms with E-state index in [2.05, 4.69) is 40.4 Å². The number of hydrazine groups is 1. The van der Waals surface area contributed by atoms with Crippen molar-refractivity contribution in [3.8, 4) is 22.5 Å². The summed E-state index contributed by atoms with van der Waals surface area (Å²) in [5.41, 5.74) is 3.89. The summed E-state index contributed by atoms with van der Waals surface area (Å²) in [6, 6.07) is 8.91. The SMILES string of the molecule is CCn1c(-c2cccnc2[C@H](C)OC)c2c3cc(ccc31)-c1csc(n1)C[C@H](NC(=O)C1(F)COC1)C(=O)N1CCC[C@@](O)(N1)C(=O)OCC(C)(C)C2. The maximum absolute atomic E-state index is 15.1. The van der Waals surface area contributed by atoms with Gasteiger partial charge in [-0.3, -0.25) is 19.6 Å². The first-order valence-electron chi connectivity index (χ1n) is 17.9. The molecule has 2 fully saturated rings. The van der Waals surface area contributed by atoms with Gasteiger partial charge in [0.1, 0.15) is 6.04 Å². The van der Waals surface area contributed by atoms with Crippen LogP contribution in [0.3, 0.4) is 0 Å². The summed E-state index contributed by atoms with van der Waals surface area (Å²) in [5.74, 6) is -2.55. The first-order valence-corrected chi connectivity index (χ1v) is 18.8. The number of aryl methyl sites for hydroxylation is 1. The quantitative estimate of drug-likeness (QED) is 0.244. The number of alkyl halides is 1. The standard InChI is InChI=1S/C38H45FN6O7S/c1-6-44-29-11-10-23-15-25(29)26(32(44)24-9-7-13-40-31(24)22(2)50-5)17-36(3,4)19-52-35(48)38(49)12-8-14-45(43-38)33(46)27(16-30-41-28(23)18-53-30)42-34(47)37(39)20-51-21-37/h7,9-11,13,15,18,22,27,43,49H,6,8,12,14,16-17,19-21H2,1-5H3,(H,42,47)/t22-,27-,38-/m0/s1. The van der Waals surface area contributed by atoms with Crippen LogP contribution < -0.4 is 10.7 Å². The number of thiazole rings is 1. The number of fused-ring (bicyclic) bond motifs is 6. The summed E-state index contributed by atoms with van der Waals surface area (Å²) in [6.45, 7) is 8.01. The summed E-state index contributed by atoms with van der Waals surface area (Å²) in [5, 5.41) is 18.6. The number of cyclic esters (lactones) is 1. The van der Waals surface area contributed by atoms with E-state index in [4.69, 9.17) is 24.2 Å². The minimum Gasteiger partial charge on any atom is -0.462 e. The summed E-state index contributed by atoms with van der Waals surface area (Å²) in [6.07, 6.45) is 2.19. The number of pyridine rings is 1. The highest BCUT2D eigenvalue weighted by atomic mass is 32.1. The molecule has 13 nitrogen and oxygen atoms in total. The van der Waals surface area contributed by atoms with Gasteiger partial charge in [0, 0.05) is 72.1 Å². The van der Waals surface area contributed by atoms with E-state index in [0.29, 0.717) is 23.7 Å². The van der Waals surface area contributed by atoms with Crippen molar-refractivity contribution in [2.75, 3.05) is 33.5 Å². The molecule has 3 aliphatic rings. The van der Waals surface area contributed by atoms with Crippen molar-refractivity contribution in [3.63, 3.8) is 0 Å². The molecule has 3 aromatic heterocycles. The zero-order valence-electron chi connectivity index (χ0n) is 30.5. The van der Waals surface area contributed by atoms with Gasteiger partial charge in [0.25, 0.3) is 11.8 Å². The van der Waals surface area contributed by atoms with Gasteiger partial charge < -0.3 is 29.2 Å². The van der Waals surface area contributed by atoms with Crippen LogP contribution in [0.4, 0.5) is 4.39 Å². The van der Waals surface area contributed by atoms with E-state index >= 15 is 4.39 Å². The number of aromatic nitrogens is 3. The molecule has 0 aliphatic carbocycles. The van der Waals surface area contributed by atoms with Crippen molar-refractivity contribution in [1.82, 2.24) is 30.3 Å². The Kier molecular flexibility index (Phi) is 9.91. The molecule has 3 N–H and O–H groups in total. The first-order chi connectivity index (χ1) is 25.3. The molecule has 7 rings (SSSR count). The number of methoxy groups -OCH3 is 1. The van der Waals surface area contributed by atoms with Gasteiger partial charge in [0.05, 0.1) is 48.0 Å². The summed E-state index contributed by atoms with van der Waals surface area (Å²) in [7, 11) is 1.66. The fourth-order valence-corrected chi connectivity index (χ4v) is 8.15. The van der Waals surface area contributed by atoms with Crippen molar-refractivity contribution in [2.24, 2.45) is 5.41 Å². The Morgan fingerprint density at radius 3 is 2.75 bits per heavy atom. The van der Waals surface area contributed by atoms with Gasteiger partial charge in [-0.1, -0.05) is 19.9 Å². The van der Waals surface area contributed by atoms with Crippen LogP contribution in [0.1, 0.15) is 62.9 Å². The second kappa shape index (κ2) is 14.2. The molecule has 0 radical (unpaired) electrons. The zero-order valence-corrected chi connectivity index (χ0v) is 31.3. The number of hydrogen-bond donors (Lipinski definition) is 3. The highest BCUT2D eigenvalue weighted by molar-refractivity contribution is 7.10. The smallest absolute Gasteiger partial charge is 0.355 e. The second-order valence-corrected chi connectivity index (χ2v) is 15.9. The Bertz CT molecular complexity index is 2060. The van der Waals surface area contributed by atoms with Crippen LogP contribution in [0.2, 0.25) is 0 Å². The predicted molar refractivity (Wildman–Crippen MR) is 195 cm³/mol. The maximum atomic E-state index is 15.1. The fourth-order valence-electron chi connectivity index (χ4n) is 7.30. The lowest BCUT2D eigenvalue weighted by atomic mass is 9.84. The average molecular weight is 749 g/mol. The topological polar surface area (TPSA) is 157 Å². The van der Waals surface area contributed by atoms with Crippen molar-refractivity contribution in [3.05, 3.63) is 58.2 Å². The van der Waals surface area contributed by atoms with Crippen molar-refractivity contribution in [1.29, 1.82) is 0 Å². The molecular formula is C38H45FN6O7S. The number of benzene rings is 1. The van der Waals surface area contributed by atoms with Gasteiger partial charge in [-0.15, -0.1) is 11.3 Å². The lowest BCUT2D eigenvalue weighted by molar-refractivity contribution is -0.189. The maximum Gasteiger partial charge on any atom is 0.355 e. The molecule has 15 heteroatoms. The Hall–Kier alpha value is -4.28. The molecule has 0 unspecified atom stereocenters. The number of carbonyl (C=O) groups excluding carboxylic acids is 3. The number of rotatable bonds is 6. The number of amides is 2. The zero-order chi connectivity index (χ0) is 37.7. The van der Waals surface area contributed by atoms with Crippen LogP contribution in [0.5, 0.6) is 0 Å². The van der Waals surface area contributed by atoms with E-state index in [-0.39, 0.29) is 38.5 Å². The van der Waals surface area contributed by atoms with Gasteiger partial charge >= 0.3 is 5.97 Å². The lowest BCUT2D eigenvalue weighted by Gasteiger charge is -2.40. The van der Waals surface area contributed by atoms with Gasteiger partial charge in [0.15, 0.2) is 0 Å². The molecule has 53 heavy (non-hydrogen) atoms. The number of esters is 1. The third-order valence-corrected chi connectivity index (χ3v) is 11.2. The highest BCUT2D eigenvalue weighted by Crippen LogP contribution is 2.42. The highest BCUT2D eigenvalue weighted by Gasteiger charge is 2.49. The number of nitrogens with one attached hydrogen (secondary N) is 2. The van der Waals surface area contributed by atoms with Crippen molar-refractivity contribution < 1.29 is 38.1 Å². The monoisotopic (exact) mass is 748 g/mol. The Morgan fingerprint density at radius 2 is 2.04 bits per heavy atom. The van der Waals surface area contributed by atoms with Crippen LogP contribution in [-0.2, 0) is 48.0 Å². The lowest BCUT2D eigenvalue weighted by Crippen LogP contribution is -2.68. The molecule has 3 atom stereocenters. The van der Waals surface area contributed by atoms with Crippen LogP contribution in [0.25, 0.3) is 33.4 Å². The minimum atomic E-state index is -2.26. The molecule has 0 saturated carbocycles. The van der Waals surface area contributed by atoms with Crippen LogP contribution in [0.15, 0.2) is 41.9 Å². The normalized spacial score (nSPS) is 23.5. The van der Waals surface area contributed by atoms with Crippen molar-refractivity contribution >= 4 is 40.0 Å². The van der Waals surface area contributed by atoms with Gasteiger partial charge in [-0.05, 0) is 56.5 Å². The second-order valence-electron chi connectivity index (χ2n) is 14.9. The van der Waals surface area contributed by atoms with E-state index in [1.165, 1.54) is 11.3 Å². The van der Waals surface area contributed by atoms with E-state index in [0.717, 1.165) is 44.0 Å². The van der Waals surface area contributed by atoms with Gasteiger partial charge in [-0.2, -0.15) is 5.43 Å². The number of hydrogen-bond acceptors (Lipinski definition) is 11. The molecule has 2 saturated heterocycles. The molecule has 6 heterocycles. The molecular weight excluding hydrogens is 704 g/mol. The average Bonchev–Trinajstić information content (AvgIpc) is 3.73. The van der Waals surface area contributed by atoms with Gasteiger partial charge in [0.2, 0.25) is 11.4 Å². The first kappa shape index (κ1) is 37.1. The molecule has 4 aromatic rings. The molecule has 3 aliphatic heterocycles. The minimum absolute atomic E-state index is 0.00772. The number of ether oxygens (including phenoxy) is 3. The van der Waals surface area contributed by atoms with E-state index < -0.39 is 53.8 Å². The van der Waals surface area contributed by atoms with Crippen LogP contribution >= 0.6 is 11.3 Å². The van der Waals surface area contributed by atoms with E-state index in [1.54, 1.807) is 13.3 Å². The number of halogens is 1. The van der Waals surface area contributed by atoms with Crippen molar-refractivity contribution in [2.45, 2.75) is 83.5 Å². The number of carbonyl (C=O) groups is 3. The molecule has 6 bridgehead atoms. The largest absolute Gasteiger partial charge is 0.462 e. The molecule has 0 spiro atoms. The Morgan fingerprint density at radius 1 is 1.25 bits per heavy atom. The Balaban J connectivity index is 1.37. The third-order valence-electron chi connectivity index (χ3n) is 10.3. The molecule has 1 aromatic carbocycles.